The summed E-state index contributed by atoms with van der Waals surface area (Å²) >= 11 is 3.32. The second-order valence-electron chi connectivity index (χ2n) is 3.91. The summed E-state index contributed by atoms with van der Waals surface area (Å²) in [6, 6.07) is 10.2. The second-order valence-corrected chi connectivity index (χ2v) is 4.47. The molecule has 5 heteroatoms. The molecular weight excluding hydrogens is 316 g/mol. The Balaban J connectivity index is 2.13. The van der Waals surface area contributed by atoms with Gasteiger partial charge in [0.2, 0.25) is 0 Å². The minimum absolute atomic E-state index is 0.0727. The molecule has 0 bridgehead atoms. The monoisotopic (exact) mass is 325 g/mol. The van der Waals surface area contributed by atoms with Gasteiger partial charge in [-0.1, -0.05) is 28.1 Å². The minimum atomic E-state index is -1.04. The van der Waals surface area contributed by atoms with Gasteiger partial charge in [0.25, 0.3) is 5.91 Å². The molecule has 19 heavy (non-hydrogen) atoms. The van der Waals surface area contributed by atoms with E-state index >= 15 is 0 Å². The quantitative estimate of drug-likeness (QED) is 0.845. The number of benzene rings is 2. The van der Waals surface area contributed by atoms with Crippen molar-refractivity contribution in [2.45, 2.75) is 5.33 Å². The number of hydrogen-bond donors (Lipinski definition) is 1. The average Bonchev–Trinajstić information content (AvgIpc) is 2.42. The Morgan fingerprint density at radius 3 is 2.32 bits per heavy atom. The van der Waals surface area contributed by atoms with Crippen LogP contribution in [0.5, 0.6) is 0 Å². The van der Waals surface area contributed by atoms with Crippen LogP contribution in [0.25, 0.3) is 0 Å². The Labute approximate surface area is 117 Å². The molecule has 0 radical (unpaired) electrons. The summed E-state index contributed by atoms with van der Waals surface area (Å²) in [6.45, 7) is 0. The van der Waals surface area contributed by atoms with Gasteiger partial charge in [-0.2, -0.15) is 0 Å². The predicted octanol–water partition coefficient (Wildman–Crippen LogP) is 4.11. The first-order chi connectivity index (χ1) is 9.10. The van der Waals surface area contributed by atoms with Crippen molar-refractivity contribution < 1.29 is 13.6 Å². The van der Waals surface area contributed by atoms with E-state index in [1.54, 1.807) is 12.1 Å². The Morgan fingerprint density at radius 2 is 1.74 bits per heavy atom. The maximum Gasteiger partial charge on any atom is 0.255 e. The summed E-state index contributed by atoms with van der Waals surface area (Å²) in [5.41, 5.74) is 1.74. The third-order valence-corrected chi connectivity index (χ3v) is 3.20. The lowest BCUT2D eigenvalue weighted by atomic mass is 10.2. The van der Waals surface area contributed by atoms with Gasteiger partial charge in [0, 0.05) is 16.6 Å². The van der Waals surface area contributed by atoms with Crippen molar-refractivity contribution in [3.63, 3.8) is 0 Å². The van der Waals surface area contributed by atoms with Crippen LogP contribution in [0.3, 0.4) is 0 Å². The Kier molecular flexibility index (Phi) is 4.27. The van der Waals surface area contributed by atoms with Crippen molar-refractivity contribution >= 4 is 27.5 Å². The Morgan fingerprint density at radius 1 is 1.05 bits per heavy atom. The van der Waals surface area contributed by atoms with Crippen LogP contribution in [-0.2, 0) is 5.33 Å². The molecule has 2 rings (SSSR count). The van der Waals surface area contributed by atoms with Gasteiger partial charge in [0.15, 0.2) is 11.6 Å². The number of halogens is 3. The molecule has 0 atom stereocenters. The zero-order chi connectivity index (χ0) is 13.8. The Bertz CT molecular complexity index is 599. The fraction of sp³-hybridized carbons (Fsp3) is 0.0714. The van der Waals surface area contributed by atoms with Crippen molar-refractivity contribution in [3.05, 3.63) is 65.2 Å². The standard InChI is InChI=1S/C14H10BrF2NO/c15-8-9-1-4-11(5-2-9)18-14(19)10-3-6-12(16)13(17)7-10/h1-7H,8H2,(H,18,19). The van der Waals surface area contributed by atoms with Crippen LogP contribution in [0.2, 0.25) is 0 Å². The molecule has 0 aliphatic heterocycles. The van der Waals surface area contributed by atoms with Crippen LogP contribution in [0.15, 0.2) is 42.5 Å². The molecule has 0 aliphatic rings. The first kappa shape index (κ1) is 13.7. The van der Waals surface area contributed by atoms with Gasteiger partial charge in [-0.15, -0.1) is 0 Å². The largest absolute Gasteiger partial charge is 0.322 e. The summed E-state index contributed by atoms with van der Waals surface area (Å²) in [7, 11) is 0. The number of anilines is 1. The van der Waals surface area contributed by atoms with Gasteiger partial charge in [-0.25, -0.2) is 8.78 Å². The zero-order valence-electron chi connectivity index (χ0n) is 9.79. The van der Waals surface area contributed by atoms with Crippen molar-refractivity contribution in [3.8, 4) is 0 Å². The van der Waals surface area contributed by atoms with E-state index in [1.165, 1.54) is 6.07 Å². The van der Waals surface area contributed by atoms with E-state index in [4.69, 9.17) is 0 Å². The number of alkyl halides is 1. The lowest BCUT2D eigenvalue weighted by Gasteiger charge is -2.06. The highest BCUT2D eigenvalue weighted by atomic mass is 79.9. The van der Waals surface area contributed by atoms with E-state index < -0.39 is 17.5 Å². The smallest absolute Gasteiger partial charge is 0.255 e. The highest BCUT2D eigenvalue weighted by Crippen LogP contribution is 2.14. The van der Waals surface area contributed by atoms with Gasteiger partial charge in [0.05, 0.1) is 0 Å². The zero-order valence-corrected chi connectivity index (χ0v) is 11.4. The molecule has 2 aromatic carbocycles. The lowest BCUT2D eigenvalue weighted by molar-refractivity contribution is 0.102. The highest BCUT2D eigenvalue weighted by Gasteiger charge is 2.09. The molecule has 98 valence electrons. The Hall–Kier alpha value is -1.75. The van der Waals surface area contributed by atoms with Crippen LogP contribution >= 0.6 is 15.9 Å². The molecule has 2 aromatic rings. The van der Waals surface area contributed by atoms with Gasteiger partial charge in [0.1, 0.15) is 0 Å². The number of rotatable bonds is 3. The third-order valence-electron chi connectivity index (χ3n) is 2.55. The van der Waals surface area contributed by atoms with Gasteiger partial charge in [-0.05, 0) is 35.9 Å². The van der Waals surface area contributed by atoms with Crippen molar-refractivity contribution in [1.29, 1.82) is 0 Å². The number of carbonyl (C=O) groups excluding carboxylic acids is 1. The molecule has 0 saturated carbocycles. The number of hydrogen-bond acceptors (Lipinski definition) is 1. The predicted molar refractivity (Wildman–Crippen MR) is 73.4 cm³/mol. The normalized spacial score (nSPS) is 10.3. The molecule has 2 nitrogen and oxygen atoms in total. The second kappa shape index (κ2) is 5.93. The molecule has 0 saturated heterocycles. The molecule has 0 aliphatic carbocycles. The van der Waals surface area contributed by atoms with E-state index in [2.05, 4.69) is 21.2 Å². The SMILES string of the molecule is O=C(Nc1ccc(CBr)cc1)c1ccc(F)c(F)c1. The van der Waals surface area contributed by atoms with Crippen LogP contribution in [0.1, 0.15) is 15.9 Å². The fourth-order valence-corrected chi connectivity index (χ4v) is 1.89. The molecule has 0 heterocycles. The summed E-state index contributed by atoms with van der Waals surface area (Å²) < 4.78 is 25.8. The van der Waals surface area contributed by atoms with Gasteiger partial charge >= 0.3 is 0 Å². The van der Waals surface area contributed by atoms with Gasteiger partial charge < -0.3 is 5.32 Å². The van der Waals surface area contributed by atoms with Crippen LogP contribution < -0.4 is 5.32 Å². The first-order valence-electron chi connectivity index (χ1n) is 5.51. The van der Waals surface area contributed by atoms with E-state index in [1.807, 2.05) is 12.1 Å². The van der Waals surface area contributed by atoms with Gasteiger partial charge in [-0.3, -0.25) is 4.79 Å². The first-order valence-corrected chi connectivity index (χ1v) is 6.63. The number of amides is 1. The molecule has 0 fully saturated rings. The van der Waals surface area contributed by atoms with E-state index in [0.29, 0.717) is 5.69 Å². The summed E-state index contributed by atoms with van der Waals surface area (Å²) in [5, 5.41) is 3.34. The topological polar surface area (TPSA) is 29.1 Å². The number of nitrogens with one attached hydrogen (secondary N) is 1. The average molecular weight is 326 g/mol. The van der Waals surface area contributed by atoms with E-state index in [9.17, 15) is 13.6 Å². The van der Waals surface area contributed by atoms with Crippen molar-refractivity contribution in [2.24, 2.45) is 0 Å². The lowest BCUT2D eigenvalue weighted by Crippen LogP contribution is -2.12. The summed E-state index contributed by atoms with van der Waals surface area (Å²) in [6.07, 6.45) is 0. The molecule has 1 amide bonds. The van der Waals surface area contributed by atoms with Crippen LogP contribution in [-0.4, -0.2) is 5.91 Å². The van der Waals surface area contributed by atoms with Crippen molar-refractivity contribution in [1.82, 2.24) is 0 Å². The maximum atomic E-state index is 13.0. The fourth-order valence-electron chi connectivity index (χ4n) is 1.52. The van der Waals surface area contributed by atoms with Crippen molar-refractivity contribution in [2.75, 3.05) is 5.32 Å². The molecule has 1 N–H and O–H groups in total. The highest BCUT2D eigenvalue weighted by molar-refractivity contribution is 9.08. The molecular formula is C14H10BrF2NO. The molecule has 0 spiro atoms. The number of carbonyl (C=O) groups is 1. The summed E-state index contributed by atoms with van der Waals surface area (Å²) in [4.78, 5) is 11.8. The summed E-state index contributed by atoms with van der Waals surface area (Å²) in [5.74, 6) is -2.49. The third kappa shape index (κ3) is 3.38. The maximum absolute atomic E-state index is 13.0. The minimum Gasteiger partial charge on any atom is -0.322 e. The molecule has 0 unspecified atom stereocenters. The van der Waals surface area contributed by atoms with E-state index in [0.717, 1.165) is 23.0 Å². The van der Waals surface area contributed by atoms with E-state index in [-0.39, 0.29) is 5.56 Å². The molecule has 0 aromatic heterocycles. The van der Waals surface area contributed by atoms with Crippen LogP contribution in [0.4, 0.5) is 14.5 Å². The van der Waals surface area contributed by atoms with Crippen LogP contribution in [0, 0.1) is 11.6 Å².